The summed E-state index contributed by atoms with van der Waals surface area (Å²) in [6.07, 6.45) is -0.101. The maximum atomic E-state index is 13.3. The van der Waals surface area contributed by atoms with Crippen molar-refractivity contribution in [2.45, 2.75) is 29.8 Å². The van der Waals surface area contributed by atoms with Gasteiger partial charge >= 0.3 is 6.18 Å². The Bertz CT molecular complexity index is 1360. The molecule has 0 atom stereocenters. The molecule has 1 N–H and O–H groups in total. The molecular formula is C25H22F3N5O2S2. The molecule has 0 bridgehead atoms. The average Bonchev–Trinajstić information content (AvgIpc) is 3.44. The Morgan fingerprint density at radius 1 is 1.11 bits per heavy atom. The van der Waals surface area contributed by atoms with E-state index in [4.69, 9.17) is 4.74 Å². The predicted molar refractivity (Wildman–Crippen MR) is 137 cm³/mol. The topological polar surface area (TPSA) is 80.2 Å². The summed E-state index contributed by atoms with van der Waals surface area (Å²) < 4.78 is 52.7. The van der Waals surface area contributed by atoms with E-state index in [0.717, 1.165) is 28.9 Å². The lowest BCUT2D eigenvalue weighted by atomic mass is 9.89. The molecule has 2 aromatic carbocycles. The van der Waals surface area contributed by atoms with Crippen LogP contribution in [0.4, 0.5) is 18.3 Å². The lowest BCUT2D eigenvalue weighted by molar-refractivity contribution is -0.136. The number of carbonyl (C=O) groups is 1. The predicted octanol–water partition coefficient (Wildman–Crippen LogP) is 6.01. The molecule has 0 unspecified atom stereocenters. The van der Waals surface area contributed by atoms with Crippen molar-refractivity contribution < 1.29 is 22.7 Å². The monoisotopic (exact) mass is 545 g/mol. The van der Waals surface area contributed by atoms with Crippen LogP contribution in [0.3, 0.4) is 0 Å². The minimum atomic E-state index is -4.53. The van der Waals surface area contributed by atoms with Crippen molar-refractivity contribution in [1.29, 1.82) is 0 Å². The van der Waals surface area contributed by atoms with Crippen LogP contribution in [0.5, 0.6) is 5.75 Å². The van der Waals surface area contributed by atoms with Crippen LogP contribution in [0.15, 0.2) is 66.0 Å². The van der Waals surface area contributed by atoms with E-state index in [-0.39, 0.29) is 29.2 Å². The summed E-state index contributed by atoms with van der Waals surface area (Å²) in [5, 5.41) is 0.974. The second-order valence-electron chi connectivity index (χ2n) is 8.47. The number of fused-ring (bicyclic) bond motifs is 1. The third-order valence-corrected chi connectivity index (χ3v) is 7.72. The van der Waals surface area contributed by atoms with E-state index in [2.05, 4.69) is 43.3 Å². The van der Waals surface area contributed by atoms with Gasteiger partial charge in [0.05, 0.1) is 11.1 Å². The third-order valence-electron chi connectivity index (χ3n) is 6.20. The Kier molecular flexibility index (Phi) is 7.47. The average molecular weight is 546 g/mol. The van der Waals surface area contributed by atoms with E-state index in [9.17, 15) is 18.0 Å². The molecule has 3 heterocycles. The fourth-order valence-corrected chi connectivity index (χ4v) is 5.42. The summed E-state index contributed by atoms with van der Waals surface area (Å²) in [6, 6.07) is 13.6. The number of nitrogens with one attached hydrogen (secondary N) is 1. The molecule has 1 saturated heterocycles. The Balaban J connectivity index is 1.14. The van der Waals surface area contributed by atoms with Gasteiger partial charge in [-0.25, -0.2) is 4.98 Å². The summed E-state index contributed by atoms with van der Waals surface area (Å²) in [4.78, 5) is 23.6. The summed E-state index contributed by atoms with van der Waals surface area (Å²) in [5.41, 5.74) is 0.206. The SMILES string of the molecule is O=C(COc1ccnc2c(C(F)(F)F)cccc12)N1CCC(c2ccc(SNc3ncns3)cc2)CC1. The number of pyridine rings is 1. The van der Waals surface area contributed by atoms with Crippen molar-refractivity contribution in [2.24, 2.45) is 0 Å². The van der Waals surface area contributed by atoms with Gasteiger partial charge in [0.25, 0.3) is 5.91 Å². The number of anilines is 1. The number of alkyl halides is 3. The molecule has 37 heavy (non-hydrogen) atoms. The minimum Gasteiger partial charge on any atom is -0.483 e. The van der Waals surface area contributed by atoms with Crippen LogP contribution in [-0.2, 0) is 11.0 Å². The van der Waals surface area contributed by atoms with Gasteiger partial charge in [0.2, 0.25) is 5.13 Å². The van der Waals surface area contributed by atoms with Crippen molar-refractivity contribution in [2.75, 3.05) is 24.4 Å². The molecule has 0 spiro atoms. The number of hydrogen-bond acceptors (Lipinski definition) is 8. The highest BCUT2D eigenvalue weighted by atomic mass is 32.2. The number of ether oxygens (including phenoxy) is 1. The molecule has 7 nitrogen and oxygen atoms in total. The molecule has 12 heteroatoms. The van der Waals surface area contributed by atoms with Gasteiger partial charge in [-0.3, -0.25) is 9.78 Å². The number of aromatic nitrogens is 3. The van der Waals surface area contributed by atoms with Gasteiger partial charge in [-0.2, -0.15) is 17.5 Å². The number of rotatable bonds is 7. The molecule has 192 valence electrons. The molecule has 0 saturated carbocycles. The van der Waals surface area contributed by atoms with Gasteiger partial charge in [-0.05, 0) is 66.6 Å². The van der Waals surface area contributed by atoms with Gasteiger partial charge in [-0.1, -0.05) is 18.2 Å². The quantitative estimate of drug-likeness (QED) is 0.285. The molecule has 1 aliphatic rings. The molecule has 2 aromatic heterocycles. The fourth-order valence-electron chi connectivity index (χ4n) is 4.33. The lowest BCUT2D eigenvalue weighted by Gasteiger charge is -2.32. The van der Waals surface area contributed by atoms with Crippen molar-refractivity contribution >= 4 is 45.4 Å². The van der Waals surface area contributed by atoms with Crippen LogP contribution in [0.25, 0.3) is 10.9 Å². The second-order valence-corrected chi connectivity index (χ2v) is 10.1. The standard InChI is InChI=1S/C25H22F3N5O2S2/c26-25(27,28)20-3-1-2-19-21(8-11-29-23(19)20)35-14-22(34)33-12-9-17(10-13-33)16-4-6-18(7-5-16)36-32-24-30-15-31-37-24/h1-8,11,15,17H,9-10,12-14H2,(H,30,31,32). The summed E-state index contributed by atoms with van der Waals surface area (Å²) >= 11 is 2.77. The first-order valence-electron chi connectivity index (χ1n) is 11.5. The second kappa shape index (κ2) is 10.9. The zero-order chi connectivity index (χ0) is 25.8. The molecule has 1 aliphatic heterocycles. The lowest BCUT2D eigenvalue weighted by Crippen LogP contribution is -2.40. The summed E-state index contributed by atoms with van der Waals surface area (Å²) in [6.45, 7) is 0.947. The number of halogens is 3. The van der Waals surface area contributed by atoms with E-state index in [1.165, 1.54) is 59.8 Å². The van der Waals surface area contributed by atoms with Gasteiger partial charge in [-0.15, -0.1) is 0 Å². The largest absolute Gasteiger partial charge is 0.483 e. The van der Waals surface area contributed by atoms with E-state index >= 15 is 0 Å². The van der Waals surface area contributed by atoms with Crippen LogP contribution in [0.2, 0.25) is 0 Å². The first kappa shape index (κ1) is 25.3. The number of likely N-dealkylation sites (tertiary alicyclic amines) is 1. The normalized spacial score (nSPS) is 14.6. The van der Waals surface area contributed by atoms with Crippen LogP contribution in [0, 0.1) is 0 Å². The first-order chi connectivity index (χ1) is 17.9. The van der Waals surface area contributed by atoms with E-state index < -0.39 is 11.7 Å². The molecule has 1 fully saturated rings. The number of carbonyl (C=O) groups excluding carboxylic acids is 1. The first-order valence-corrected chi connectivity index (χ1v) is 13.1. The maximum absolute atomic E-state index is 13.3. The molecule has 0 aliphatic carbocycles. The number of piperidine rings is 1. The van der Waals surface area contributed by atoms with Gasteiger partial charge < -0.3 is 14.4 Å². The summed E-state index contributed by atoms with van der Waals surface area (Å²) in [5.74, 6) is 0.368. The molecule has 1 amide bonds. The maximum Gasteiger partial charge on any atom is 0.418 e. The molecule has 4 aromatic rings. The zero-order valence-electron chi connectivity index (χ0n) is 19.4. The third kappa shape index (κ3) is 5.96. The zero-order valence-corrected chi connectivity index (χ0v) is 21.1. The van der Waals surface area contributed by atoms with E-state index in [1.54, 1.807) is 4.90 Å². The van der Waals surface area contributed by atoms with E-state index in [0.29, 0.717) is 19.0 Å². The number of nitrogens with zero attached hydrogens (tertiary/aromatic N) is 4. The Labute approximate surface area is 219 Å². The Morgan fingerprint density at radius 3 is 2.59 bits per heavy atom. The van der Waals surface area contributed by atoms with Crippen molar-refractivity contribution in [3.63, 3.8) is 0 Å². The Morgan fingerprint density at radius 2 is 1.89 bits per heavy atom. The fraction of sp³-hybridized carbons (Fsp3) is 0.280. The van der Waals surface area contributed by atoms with Gasteiger partial charge in [0.1, 0.15) is 12.1 Å². The molecular weight excluding hydrogens is 523 g/mol. The number of amides is 1. The van der Waals surface area contributed by atoms with E-state index in [1.807, 2.05) is 0 Å². The highest BCUT2D eigenvalue weighted by Crippen LogP contribution is 2.36. The van der Waals surface area contributed by atoms with Crippen LogP contribution in [-0.4, -0.2) is 44.8 Å². The van der Waals surface area contributed by atoms with Crippen molar-refractivity contribution in [3.05, 3.63) is 72.2 Å². The number of para-hydroxylation sites is 1. The molecule has 0 radical (unpaired) electrons. The van der Waals surface area contributed by atoms with Crippen LogP contribution < -0.4 is 9.46 Å². The summed E-state index contributed by atoms with van der Waals surface area (Å²) in [7, 11) is 0. The smallest absolute Gasteiger partial charge is 0.418 e. The molecule has 5 rings (SSSR count). The van der Waals surface area contributed by atoms with Gasteiger partial charge in [0, 0.05) is 41.1 Å². The number of hydrogen-bond donors (Lipinski definition) is 1. The highest BCUT2D eigenvalue weighted by molar-refractivity contribution is 8.00. The minimum absolute atomic E-state index is 0.190. The van der Waals surface area contributed by atoms with Crippen molar-refractivity contribution in [3.8, 4) is 5.75 Å². The van der Waals surface area contributed by atoms with Gasteiger partial charge in [0.15, 0.2) is 6.61 Å². The van der Waals surface area contributed by atoms with Crippen LogP contribution in [0.1, 0.15) is 29.9 Å². The highest BCUT2D eigenvalue weighted by Gasteiger charge is 2.33. The van der Waals surface area contributed by atoms with Crippen molar-refractivity contribution in [1.82, 2.24) is 19.2 Å². The van der Waals surface area contributed by atoms with Crippen LogP contribution >= 0.6 is 23.5 Å². The Hall–Kier alpha value is -3.38. The number of benzene rings is 2.